The Labute approximate surface area is 117 Å². The first kappa shape index (κ1) is 13.2. The molecule has 19 heavy (non-hydrogen) atoms. The van der Waals surface area contributed by atoms with E-state index in [9.17, 15) is 0 Å². The van der Waals surface area contributed by atoms with E-state index in [4.69, 9.17) is 0 Å². The van der Waals surface area contributed by atoms with Crippen LogP contribution in [0, 0.1) is 31.6 Å². The van der Waals surface area contributed by atoms with Gasteiger partial charge < -0.3 is 5.32 Å². The molecule has 1 aromatic rings. The van der Waals surface area contributed by atoms with Crippen LogP contribution in [0.1, 0.15) is 55.3 Å². The Bertz CT molecular complexity index is 441. The minimum atomic E-state index is 0.607. The molecule has 2 aliphatic carbocycles. The highest BCUT2D eigenvalue weighted by Gasteiger charge is 2.56. The molecule has 0 saturated heterocycles. The second kappa shape index (κ2) is 5.28. The fraction of sp³-hybridized carbons (Fsp3) is 0.667. The lowest BCUT2D eigenvalue weighted by Gasteiger charge is -2.23. The molecule has 0 radical (unpaired) electrons. The first-order valence-corrected chi connectivity index (χ1v) is 8.03. The van der Waals surface area contributed by atoms with Crippen molar-refractivity contribution in [3.63, 3.8) is 0 Å². The first-order chi connectivity index (χ1) is 9.22. The Morgan fingerprint density at radius 2 is 1.95 bits per heavy atom. The SMILES string of the molecule is CCCNC(c1ccc(C)cc1C)C1C2CCCC21. The van der Waals surface area contributed by atoms with Gasteiger partial charge in [0.25, 0.3) is 0 Å². The fourth-order valence-corrected chi connectivity index (χ4v) is 4.30. The lowest BCUT2D eigenvalue weighted by molar-refractivity contribution is 0.416. The lowest BCUT2D eigenvalue weighted by Crippen LogP contribution is -2.26. The minimum Gasteiger partial charge on any atom is -0.310 e. The maximum atomic E-state index is 3.84. The van der Waals surface area contributed by atoms with E-state index in [1.807, 2.05) is 0 Å². The summed E-state index contributed by atoms with van der Waals surface area (Å²) in [6.07, 6.45) is 5.65. The van der Waals surface area contributed by atoms with Gasteiger partial charge in [0.05, 0.1) is 0 Å². The van der Waals surface area contributed by atoms with Crippen molar-refractivity contribution in [3.8, 4) is 0 Å². The molecule has 2 aliphatic rings. The molecule has 3 unspecified atom stereocenters. The number of hydrogen-bond acceptors (Lipinski definition) is 1. The second-order valence-electron chi connectivity index (χ2n) is 6.63. The van der Waals surface area contributed by atoms with Crippen LogP contribution in [-0.2, 0) is 0 Å². The van der Waals surface area contributed by atoms with Crippen LogP contribution in [0.2, 0.25) is 0 Å². The average Bonchev–Trinajstić information content (AvgIpc) is 2.84. The van der Waals surface area contributed by atoms with Crippen LogP contribution >= 0.6 is 0 Å². The van der Waals surface area contributed by atoms with Crippen LogP contribution in [0.25, 0.3) is 0 Å². The van der Waals surface area contributed by atoms with Gasteiger partial charge in [0.1, 0.15) is 0 Å². The van der Waals surface area contributed by atoms with E-state index in [1.54, 1.807) is 5.56 Å². The summed E-state index contributed by atoms with van der Waals surface area (Å²) in [6.45, 7) is 7.88. The molecule has 1 nitrogen and oxygen atoms in total. The Kier molecular flexibility index (Phi) is 3.66. The Morgan fingerprint density at radius 3 is 2.58 bits per heavy atom. The normalized spacial score (nSPS) is 30.2. The van der Waals surface area contributed by atoms with Crippen molar-refractivity contribution >= 4 is 0 Å². The predicted molar refractivity (Wildman–Crippen MR) is 81.3 cm³/mol. The number of fused-ring (bicyclic) bond motifs is 1. The van der Waals surface area contributed by atoms with Gasteiger partial charge in [0.15, 0.2) is 0 Å². The third-order valence-electron chi connectivity index (χ3n) is 5.23. The van der Waals surface area contributed by atoms with E-state index in [0.29, 0.717) is 6.04 Å². The quantitative estimate of drug-likeness (QED) is 0.825. The van der Waals surface area contributed by atoms with Crippen molar-refractivity contribution in [1.82, 2.24) is 5.32 Å². The molecule has 1 aromatic carbocycles. The smallest absolute Gasteiger partial charge is 0.0356 e. The van der Waals surface area contributed by atoms with Crippen molar-refractivity contribution in [3.05, 3.63) is 34.9 Å². The summed E-state index contributed by atoms with van der Waals surface area (Å²) in [7, 11) is 0. The lowest BCUT2D eigenvalue weighted by atomic mass is 9.92. The highest BCUT2D eigenvalue weighted by molar-refractivity contribution is 5.34. The van der Waals surface area contributed by atoms with Gasteiger partial charge in [-0.05, 0) is 68.5 Å². The third-order valence-corrected chi connectivity index (χ3v) is 5.23. The highest BCUT2D eigenvalue weighted by atomic mass is 14.9. The van der Waals surface area contributed by atoms with Crippen molar-refractivity contribution in [2.24, 2.45) is 17.8 Å². The number of hydrogen-bond donors (Lipinski definition) is 1. The van der Waals surface area contributed by atoms with Crippen LogP contribution in [0.4, 0.5) is 0 Å². The van der Waals surface area contributed by atoms with Gasteiger partial charge in [-0.3, -0.25) is 0 Å². The molecule has 3 atom stereocenters. The van der Waals surface area contributed by atoms with Crippen LogP contribution in [0.15, 0.2) is 18.2 Å². The monoisotopic (exact) mass is 257 g/mol. The molecule has 0 spiro atoms. The third kappa shape index (κ3) is 2.45. The van der Waals surface area contributed by atoms with Crippen LogP contribution in [0.3, 0.4) is 0 Å². The largest absolute Gasteiger partial charge is 0.310 e. The molecule has 0 bridgehead atoms. The maximum absolute atomic E-state index is 3.84. The summed E-state index contributed by atoms with van der Waals surface area (Å²) < 4.78 is 0. The van der Waals surface area contributed by atoms with Crippen LogP contribution < -0.4 is 5.32 Å². The molecule has 0 heterocycles. The predicted octanol–water partition coefficient (Wildman–Crippen LogP) is 4.39. The maximum Gasteiger partial charge on any atom is 0.0356 e. The van der Waals surface area contributed by atoms with E-state index >= 15 is 0 Å². The summed E-state index contributed by atoms with van der Waals surface area (Å²) in [5.41, 5.74) is 4.41. The standard InChI is InChI=1S/C18H27N/c1-4-10-19-18(17-15-6-5-7-16(15)17)14-9-8-12(2)11-13(14)3/h8-9,11,15-19H,4-7,10H2,1-3H3. The summed E-state index contributed by atoms with van der Waals surface area (Å²) >= 11 is 0. The Morgan fingerprint density at radius 1 is 1.21 bits per heavy atom. The van der Waals surface area contributed by atoms with Gasteiger partial charge in [0, 0.05) is 6.04 Å². The van der Waals surface area contributed by atoms with Crippen molar-refractivity contribution in [2.75, 3.05) is 6.54 Å². The highest BCUT2D eigenvalue weighted by Crippen LogP contribution is 2.62. The number of nitrogens with one attached hydrogen (secondary N) is 1. The summed E-state index contributed by atoms with van der Waals surface area (Å²) in [4.78, 5) is 0. The van der Waals surface area contributed by atoms with Gasteiger partial charge >= 0.3 is 0 Å². The van der Waals surface area contributed by atoms with Crippen molar-refractivity contribution < 1.29 is 0 Å². The zero-order chi connectivity index (χ0) is 13.4. The molecule has 1 heteroatoms. The topological polar surface area (TPSA) is 12.0 Å². The summed E-state index contributed by atoms with van der Waals surface area (Å²) in [5.74, 6) is 2.96. The zero-order valence-corrected chi connectivity index (χ0v) is 12.6. The van der Waals surface area contributed by atoms with Crippen molar-refractivity contribution in [2.45, 2.75) is 52.5 Å². The first-order valence-electron chi connectivity index (χ1n) is 8.03. The molecule has 0 aromatic heterocycles. The van der Waals surface area contributed by atoms with E-state index in [2.05, 4.69) is 44.3 Å². The van der Waals surface area contributed by atoms with Gasteiger partial charge in [-0.25, -0.2) is 0 Å². The molecule has 1 N–H and O–H groups in total. The molecule has 2 fully saturated rings. The van der Waals surface area contributed by atoms with Gasteiger partial charge in [-0.2, -0.15) is 0 Å². The van der Waals surface area contributed by atoms with E-state index < -0.39 is 0 Å². The molecular weight excluding hydrogens is 230 g/mol. The van der Waals surface area contributed by atoms with Crippen molar-refractivity contribution in [1.29, 1.82) is 0 Å². The van der Waals surface area contributed by atoms with Gasteiger partial charge in [0.2, 0.25) is 0 Å². The molecule has 104 valence electrons. The number of rotatable bonds is 5. The van der Waals surface area contributed by atoms with E-state index in [0.717, 1.165) is 24.3 Å². The number of benzene rings is 1. The fourth-order valence-electron chi connectivity index (χ4n) is 4.30. The minimum absolute atomic E-state index is 0.607. The summed E-state index contributed by atoms with van der Waals surface area (Å²) in [5, 5.41) is 3.84. The van der Waals surface area contributed by atoms with E-state index in [1.165, 1.54) is 36.8 Å². The van der Waals surface area contributed by atoms with Crippen LogP contribution in [0.5, 0.6) is 0 Å². The summed E-state index contributed by atoms with van der Waals surface area (Å²) in [6, 6.07) is 7.59. The van der Waals surface area contributed by atoms with Crippen LogP contribution in [-0.4, -0.2) is 6.54 Å². The Hall–Kier alpha value is -0.820. The molecule has 0 aliphatic heterocycles. The zero-order valence-electron chi connectivity index (χ0n) is 12.6. The molecular formula is C18H27N. The Balaban J connectivity index is 1.82. The van der Waals surface area contributed by atoms with E-state index in [-0.39, 0.29) is 0 Å². The molecule has 2 saturated carbocycles. The molecule has 0 amide bonds. The van der Waals surface area contributed by atoms with Gasteiger partial charge in [-0.15, -0.1) is 0 Å². The number of aryl methyl sites for hydroxylation is 2. The van der Waals surface area contributed by atoms with Gasteiger partial charge in [-0.1, -0.05) is 37.1 Å². The second-order valence-corrected chi connectivity index (χ2v) is 6.63. The molecule has 3 rings (SSSR count). The average molecular weight is 257 g/mol.